The topological polar surface area (TPSA) is 53.3 Å². The normalized spacial score (nSPS) is 13.3. The summed E-state index contributed by atoms with van der Waals surface area (Å²) < 4.78 is 2.05. The molecule has 1 aromatic heterocycles. The molecular weight excluding hydrogens is 204 g/mol. The molecule has 0 aliphatic carbocycles. The van der Waals surface area contributed by atoms with Gasteiger partial charge in [-0.1, -0.05) is 0 Å². The monoisotopic (exact) mass is 226 g/mol. The van der Waals surface area contributed by atoms with Crippen molar-refractivity contribution in [3.63, 3.8) is 0 Å². The van der Waals surface area contributed by atoms with Crippen LogP contribution in [0.2, 0.25) is 0 Å². The first-order valence-electron chi connectivity index (χ1n) is 5.68. The van der Waals surface area contributed by atoms with Crippen molar-refractivity contribution in [2.75, 3.05) is 33.8 Å². The third kappa shape index (κ3) is 3.59. The van der Waals surface area contributed by atoms with Crippen LogP contribution in [0.3, 0.4) is 0 Å². The maximum atomic E-state index is 9.37. The number of likely N-dealkylation sites (N-methyl/N-ethyl adjacent to an activating group) is 1. The van der Waals surface area contributed by atoms with E-state index in [1.54, 1.807) is 6.33 Å². The fraction of sp³-hybridized carbons (Fsp3) is 0.727. The van der Waals surface area contributed by atoms with Crippen molar-refractivity contribution >= 4 is 0 Å². The number of rotatable bonds is 7. The van der Waals surface area contributed by atoms with Gasteiger partial charge in [-0.2, -0.15) is 0 Å². The number of aliphatic hydroxyl groups is 1. The lowest BCUT2D eigenvalue weighted by molar-refractivity contribution is 0.235. The highest BCUT2D eigenvalue weighted by Crippen LogP contribution is 2.11. The quantitative estimate of drug-likeness (QED) is 0.692. The molecule has 1 atom stereocenters. The average molecular weight is 226 g/mol. The Balaban J connectivity index is 2.53. The molecule has 0 aliphatic heterocycles. The minimum atomic E-state index is -0.0256. The van der Waals surface area contributed by atoms with Gasteiger partial charge in [0.2, 0.25) is 0 Å². The molecule has 5 heteroatoms. The highest BCUT2D eigenvalue weighted by Gasteiger charge is 2.13. The molecule has 0 aliphatic rings. The summed E-state index contributed by atoms with van der Waals surface area (Å²) in [5.74, 6) is 0. The maximum Gasteiger partial charge on any atom is 0.0948 e. The van der Waals surface area contributed by atoms with Crippen LogP contribution in [0.5, 0.6) is 0 Å². The Morgan fingerprint density at radius 3 is 2.88 bits per heavy atom. The number of hydrogen-bond acceptors (Lipinski definition) is 4. The molecule has 1 unspecified atom stereocenters. The number of aryl methyl sites for hydroxylation is 1. The van der Waals surface area contributed by atoms with E-state index in [-0.39, 0.29) is 12.6 Å². The van der Waals surface area contributed by atoms with Gasteiger partial charge in [-0.3, -0.25) is 0 Å². The van der Waals surface area contributed by atoms with Gasteiger partial charge in [0.15, 0.2) is 0 Å². The SMILES string of the molecule is CCn1cncc1C(CO)NCCN(C)C. The van der Waals surface area contributed by atoms with Crippen molar-refractivity contribution in [1.29, 1.82) is 0 Å². The fourth-order valence-electron chi connectivity index (χ4n) is 1.61. The molecule has 0 spiro atoms. The lowest BCUT2D eigenvalue weighted by atomic mass is 10.2. The zero-order valence-electron chi connectivity index (χ0n) is 10.3. The Kier molecular flexibility index (Phi) is 5.45. The molecule has 5 nitrogen and oxygen atoms in total. The predicted molar refractivity (Wildman–Crippen MR) is 64.3 cm³/mol. The van der Waals surface area contributed by atoms with E-state index in [0.29, 0.717) is 0 Å². The highest BCUT2D eigenvalue weighted by molar-refractivity contribution is 5.05. The number of imidazole rings is 1. The van der Waals surface area contributed by atoms with Gasteiger partial charge in [-0.05, 0) is 21.0 Å². The number of nitrogens with one attached hydrogen (secondary N) is 1. The van der Waals surface area contributed by atoms with Gasteiger partial charge in [0, 0.05) is 25.8 Å². The molecule has 1 aromatic rings. The highest BCUT2D eigenvalue weighted by atomic mass is 16.3. The molecule has 1 rings (SSSR count). The fourth-order valence-corrected chi connectivity index (χ4v) is 1.61. The van der Waals surface area contributed by atoms with Gasteiger partial charge >= 0.3 is 0 Å². The summed E-state index contributed by atoms with van der Waals surface area (Å²) in [4.78, 5) is 6.22. The largest absolute Gasteiger partial charge is 0.394 e. The minimum absolute atomic E-state index is 0.0256. The molecule has 2 N–H and O–H groups in total. The van der Waals surface area contributed by atoms with Crippen LogP contribution in [-0.2, 0) is 6.54 Å². The molecule has 0 saturated heterocycles. The summed E-state index contributed by atoms with van der Waals surface area (Å²) in [6.07, 6.45) is 3.61. The van der Waals surface area contributed by atoms with Crippen molar-refractivity contribution in [3.05, 3.63) is 18.2 Å². The van der Waals surface area contributed by atoms with Crippen LogP contribution in [0, 0.1) is 0 Å². The van der Waals surface area contributed by atoms with Crippen LogP contribution in [0.1, 0.15) is 18.7 Å². The van der Waals surface area contributed by atoms with E-state index in [1.807, 2.05) is 24.9 Å². The second kappa shape index (κ2) is 6.62. The van der Waals surface area contributed by atoms with Crippen molar-refractivity contribution in [1.82, 2.24) is 19.8 Å². The lowest BCUT2D eigenvalue weighted by Gasteiger charge is -2.19. The van der Waals surface area contributed by atoms with Gasteiger partial charge in [-0.25, -0.2) is 4.98 Å². The Bertz CT molecular complexity index is 298. The van der Waals surface area contributed by atoms with Crippen molar-refractivity contribution < 1.29 is 5.11 Å². The average Bonchev–Trinajstić information content (AvgIpc) is 2.72. The van der Waals surface area contributed by atoms with Crippen molar-refractivity contribution in [3.8, 4) is 0 Å². The van der Waals surface area contributed by atoms with Crippen LogP contribution in [0.4, 0.5) is 0 Å². The van der Waals surface area contributed by atoms with E-state index < -0.39 is 0 Å². The van der Waals surface area contributed by atoms with E-state index in [1.165, 1.54) is 0 Å². The van der Waals surface area contributed by atoms with E-state index in [0.717, 1.165) is 25.3 Å². The Morgan fingerprint density at radius 2 is 2.31 bits per heavy atom. The number of aliphatic hydroxyl groups excluding tert-OH is 1. The van der Waals surface area contributed by atoms with Crippen LogP contribution < -0.4 is 5.32 Å². The van der Waals surface area contributed by atoms with Gasteiger partial charge in [0.1, 0.15) is 0 Å². The first-order valence-corrected chi connectivity index (χ1v) is 5.68. The van der Waals surface area contributed by atoms with E-state index in [4.69, 9.17) is 0 Å². The zero-order valence-corrected chi connectivity index (χ0v) is 10.3. The van der Waals surface area contributed by atoms with Gasteiger partial charge in [0.25, 0.3) is 0 Å². The van der Waals surface area contributed by atoms with Crippen LogP contribution in [-0.4, -0.2) is 53.3 Å². The Labute approximate surface area is 97.1 Å². The molecule has 16 heavy (non-hydrogen) atoms. The first-order chi connectivity index (χ1) is 7.69. The van der Waals surface area contributed by atoms with Gasteiger partial charge in [0.05, 0.1) is 24.7 Å². The summed E-state index contributed by atoms with van der Waals surface area (Å²) in [6.45, 7) is 4.85. The van der Waals surface area contributed by atoms with Gasteiger partial charge in [-0.15, -0.1) is 0 Å². The smallest absolute Gasteiger partial charge is 0.0948 e. The number of nitrogens with zero attached hydrogens (tertiary/aromatic N) is 3. The summed E-state index contributed by atoms with van der Waals surface area (Å²) in [6, 6.07) is -0.0256. The second-order valence-corrected chi connectivity index (χ2v) is 4.10. The molecule has 0 bridgehead atoms. The molecule has 1 heterocycles. The molecule has 0 radical (unpaired) electrons. The zero-order chi connectivity index (χ0) is 12.0. The lowest BCUT2D eigenvalue weighted by Crippen LogP contribution is -2.32. The summed E-state index contributed by atoms with van der Waals surface area (Å²) >= 11 is 0. The van der Waals surface area contributed by atoms with Crippen molar-refractivity contribution in [2.45, 2.75) is 19.5 Å². The van der Waals surface area contributed by atoms with Crippen molar-refractivity contribution in [2.24, 2.45) is 0 Å². The Morgan fingerprint density at radius 1 is 1.56 bits per heavy atom. The first kappa shape index (κ1) is 13.2. The number of hydrogen-bond donors (Lipinski definition) is 2. The summed E-state index contributed by atoms with van der Waals surface area (Å²) in [5.41, 5.74) is 1.05. The molecule has 0 fully saturated rings. The molecular formula is C11H22N4O. The summed E-state index contributed by atoms with van der Waals surface area (Å²) in [5, 5.41) is 12.7. The van der Waals surface area contributed by atoms with Crippen LogP contribution in [0.15, 0.2) is 12.5 Å². The summed E-state index contributed by atoms with van der Waals surface area (Å²) in [7, 11) is 4.07. The van der Waals surface area contributed by atoms with Crippen LogP contribution >= 0.6 is 0 Å². The molecule has 0 saturated carbocycles. The number of aromatic nitrogens is 2. The molecule has 0 aromatic carbocycles. The van der Waals surface area contributed by atoms with E-state index >= 15 is 0 Å². The minimum Gasteiger partial charge on any atom is -0.394 e. The van der Waals surface area contributed by atoms with Crippen LogP contribution in [0.25, 0.3) is 0 Å². The van der Waals surface area contributed by atoms with E-state index in [9.17, 15) is 5.11 Å². The third-order valence-corrected chi connectivity index (χ3v) is 2.57. The third-order valence-electron chi connectivity index (χ3n) is 2.57. The molecule has 92 valence electrons. The van der Waals surface area contributed by atoms with Gasteiger partial charge < -0.3 is 19.9 Å². The standard InChI is InChI=1S/C11H22N4O/c1-4-15-9-12-7-11(15)10(8-16)13-5-6-14(2)3/h7,9-10,13,16H,4-6,8H2,1-3H3. The Hall–Kier alpha value is -0.910. The second-order valence-electron chi connectivity index (χ2n) is 4.10. The molecule has 0 amide bonds. The maximum absolute atomic E-state index is 9.37. The van der Waals surface area contributed by atoms with E-state index in [2.05, 4.69) is 22.1 Å². The predicted octanol–water partition coefficient (Wildman–Crippen LogP) is 0.0876.